The molecule has 4 nitrogen and oxygen atoms in total. The molecule has 0 aromatic rings. The minimum atomic E-state index is -2.89. The van der Waals surface area contributed by atoms with Crippen LogP contribution in [0, 0.1) is 0 Å². The molecule has 1 fully saturated rings. The Balaban J connectivity index is 1.96. The summed E-state index contributed by atoms with van der Waals surface area (Å²) in [5, 5.41) is 0. The summed E-state index contributed by atoms with van der Waals surface area (Å²) in [6.07, 6.45) is 1.64. The predicted octanol–water partition coefficient (Wildman–Crippen LogP) is 2.09. The molecule has 0 aromatic carbocycles. The van der Waals surface area contributed by atoms with Crippen molar-refractivity contribution in [2.45, 2.75) is 38.7 Å². The molecule has 1 aliphatic heterocycles. The van der Waals surface area contributed by atoms with Gasteiger partial charge in [-0.2, -0.15) is 0 Å². The minimum Gasteiger partial charge on any atom is -0.375 e. The summed E-state index contributed by atoms with van der Waals surface area (Å²) in [6.45, 7) is 8.22. The van der Waals surface area contributed by atoms with Gasteiger partial charge in [0.05, 0.1) is 6.10 Å². The van der Waals surface area contributed by atoms with Crippen LogP contribution < -0.4 is 0 Å². The summed E-state index contributed by atoms with van der Waals surface area (Å²) in [5.41, 5.74) is 0. The molecule has 0 unspecified atom stereocenters. The van der Waals surface area contributed by atoms with Crippen LogP contribution in [-0.4, -0.2) is 81.4 Å². The van der Waals surface area contributed by atoms with Crippen LogP contribution >= 0.6 is 0 Å². The summed E-state index contributed by atoms with van der Waals surface area (Å²) >= 11 is 0. The van der Waals surface area contributed by atoms with Gasteiger partial charge in [0.1, 0.15) is 13.2 Å². The molecule has 1 saturated heterocycles. The number of likely N-dealkylation sites (N-methyl/N-ethyl adjacent to an activating group) is 1. The van der Waals surface area contributed by atoms with Gasteiger partial charge in [-0.15, -0.1) is 0 Å². The zero-order valence-electron chi connectivity index (χ0n) is 13.6. The highest BCUT2D eigenvalue weighted by atomic mass is 19.3. The largest absolute Gasteiger partial charge is 0.375 e. The van der Waals surface area contributed by atoms with E-state index >= 15 is 0 Å². The Labute approximate surface area is 127 Å². The van der Waals surface area contributed by atoms with Crippen LogP contribution in [0.1, 0.15) is 26.7 Å². The summed E-state index contributed by atoms with van der Waals surface area (Å²) < 4.78 is 36.7. The number of alkyl halides is 2. The third kappa shape index (κ3) is 9.34. The first-order chi connectivity index (χ1) is 9.89. The topological polar surface area (TPSA) is 24.9 Å². The van der Waals surface area contributed by atoms with Gasteiger partial charge in [0.15, 0.2) is 0 Å². The Morgan fingerprint density at radius 3 is 2.33 bits per heavy atom. The molecule has 21 heavy (non-hydrogen) atoms. The van der Waals surface area contributed by atoms with Crippen LogP contribution in [0.5, 0.6) is 0 Å². The van der Waals surface area contributed by atoms with Gasteiger partial charge >= 0.3 is 0 Å². The van der Waals surface area contributed by atoms with Crippen LogP contribution in [0.25, 0.3) is 0 Å². The molecule has 0 atom stereocenters. The second-order valence-electron chi connectivity index (χ2n) is 6.12. The number of nitrogens with zero attached hydrogens (tertiary/aromatic N) is 2. The first-order valence-corrected chi connectivity index (χ1v) is 7.87. The summed E-state index contributed by atoms with van der Waals surface area (Å²) in [6, 6.07) is 0. The quantitative estimate of drug-likeness (QED) is 0.577. The Bertz CT molecular complexity index is 270. The minimum absolute atomic E-state index is 0.181. The fourth-order valence-corrected chi connectivity index (χ4v) is 2.16. The van der Waals surface area contributed by atoms with E-state index < -0.39 is 19.1 Å². The van der Waals surface area contributed by atoms with Crippen LogP contribution in [0.4, 0.5) is 8.78 Å². The van der Waals surface area contributed by atoms with E-state index in [9.17, 15) is 8.78 Å². The van der Waals surface area contributed by atoms with Crippen molar-refractivity contribution >= 4 is 0 Å². The number of unbranched alkanes of at least 4 members (excludes halogenated alkanes) is 1. The lowest BCUT2D eigenvalue weighted by atomic mass is 10.2. The van der Waals surface area contributed by atoms with E-state index in [0.29, 0.717) is 6.61 Å². The maximum absolute atomic E-state index is 13.4. The third-order valence-corrected chi connectivity index (χ3v) is 3.55. The molecule has 0 aromatic heterocycles. The van der Waals surface area contributed by atoms with Gasteiger partial charge in [-0.05, 0) is 40.3 Å². The SMILES string of the molecule is CC(C)OCC(F)(F)COCCCCN1CCN(C)CC1. The van der Waals surface area contributed by atoms with Crippen LogP contribution in [-0.2, 0) is 9.47 Å². The lowest BCUT2D eigenvalue weighted by molar-refractivity contribution is -0.133. The van der Waals surface area contributed by atoms with Gasteiger partial charge in [-0.25, -0.2) is 8.78 Å². The first-order valence-electron chi connectivity index (χ1n) is 7.87. The lowest BCUT2D eigenvalue weighted by Gasteiger charge is -2.32. The molecule has 0 aliphatic carbocycles. The van der Waals surface area contributed by atoms with Crippen molar-refractivity contribution in [2.75, 3.05) is 59.6 Å². The number of hydrogen-bond acceptors (Lipinski definition) is 4. The fourth-order valence-electron chi connectivity index (χ4n) is 2.16. The molecule has 1 heterocycles. The van der Waals surface area contributed by atoms with Crippen molar-refractivity contribution in [3.63, 3.8) is 0 Å². The second-order valence-corrected chi connectivity index (χ2v) is 6.12. The van der Waals surface area contributed by atoms with E-state index in [1.807, 2.05) is 0 Å². The normalized spacial score (nSPS) is 18.6. The molecule has 6 heteroatoms. The summed E-state index contributed by atoms with van der Waals surface area (Å²) in [5.74, 6) is -2.89. The van der Waals surface area contributed by atoms with E-state index in [0.717, 1.165) is 45.6 Å². The molecule has 126 valence electrons. The standard InChI is InChI=1S/C15H30F2N2O2/c1-14(2)21-13-15(16,17)12-20-11-5-4-6-19-9-7-18(3)8-10-19/h14H,4-13H2,1-3H3. The average Bonchev–Trinajstić information content (AvgIpc) is 2.42. The highest BCUT2D eigenvalue weighted by molar-refractivity contribution is 4.69. The molecular weight excluding hydrogens is 278 g/mol. The van der Waals surface area contributed by atoms with E-state index in [1.165, 1.54) is 0 Å². The van der Waals surface area contributed by atoms with E-state index in [2.05, 4.69) is 16.8 Å². The Hall–Kier alpha value is -0.300. The summed E-state index contributed by atoms with van der Waals surface area (Å²) in [4.78, 5) is 4.74. The van der Waals surface area contributed by atoms with Gasteiger partial charge in [0.25, 0.3) is 5.92 Å². The molecule has 0 amide bonds. The van der Waals surface area contributed by atoms with E-state index in [4.69, 9.17) is 9.47 Å². The smallest absolute Gasteiger partial charge is 0.293 e. The van der Waals surface area contributed by atoms with Crippen LogP contribution in [0.2, 0.25) is 0 Å². The number of ether oxygens (including phenoxy) is 2. The number of halogens is 2. The molecule has 0 bridgehead atoms. The molecule has 1 rings (SSSR count). The van der Waals surface area contributed by atoms with Gasteiger partial charge < -0.3 is 19.3 Å². The highest BCUT2D eigenvalue weighted by Gasteiger charge is 2.30. The van der Waals surface area contributed by atoms with E-state index in [1.54, 1.807) is 13.8 Å². The maximum atomic E-state index is 13.4. The lowest BCUT2D eigenvalue weighted by Crippen LogP contribution is -2.44. The molecule has 0 spiro atoms. The highest BCUT2D eigenvalue weighted by Crippen LogP contribution is 2.15. The number of piperazine rings is 1. The monoisotopic (exact) mass is 308 g/mol. The van der Waals surface area contributed by atoms with Gasteiger partial charge in [0.2, 0.25) is 0 Å². The third-order valence-electron chi connectivity index (χ3n) is 3.55. The molecule has 1 aliphatic rings. The zero-order valence-corrected chi connectivity index (χ0v) is 13.6. The average molecular weight is 308 g/mol. The molecule has 0 saturated carbocycles. The van der Waals surface area contributed by atoms with Crippen LogP contribution in [0.3, 0.4) is 0 Å². The number of hydrogen-bond donors (Lipinski definition) is 0. The van der Waals surface area contributed by atoms with Gasteiger partial charge in [-0.3, -0.25) is 0 Å². The fraction of sp³-hybridized carbons (Fsp3) is 1.00. The second kappa shape index (κ2) is 9.66. The first kappa shape index (κ1) is 18.7. The molecule has 0 radical (unpaired) electrons. The Morgan fingerprint density at radius 2 is 1.71 bits per heavy atom. The van der Waals surface area contributed by atoms with Crippen molar-refractivity contribution in [2.24, 2.45) is 0 Å². The van der Waals surface area contributed by atoms with Crippen molar-refractivity contribution in [1.82, 2.24) is 9.80 Å². The van der Waals surface area contributed by atoms with E-state index in [-0.39, 0.29) is 6.10 Å². The van der Waals surface area contributed by atoms with Crippen molar-refractivity contribution in [3.05, 3.63) is 0 Å². The van der Waals surface area contributed by atoms with Crippen molar-refractivity contribution in [3.8, 4) is 0 Å². The number of rotatable bonds is 10. The van der Waals surface area contributed by atoms with Gasteiger partial charge in [-0.1, -0.05) is 0 Å². The van der Waals surface area contributed by atoms with Crippen molar-refractivity contribution < 1.29 is 18.3 Å². The predicted molar refractivity (Wildman–Crippen MR) is 80.0 cm³/mol. The summed E-state index contributed by atoms with van der Waals surface area (Å²) in [7, 11) is 2.13. The molecule has 0 N–H and O–H groups in total. The van der Waals surface area contributed by atoms with Crippen LogP contribution in [0.15, 0.2) is 0 Å². The Kier molecular flexibility index (Phi) is 8.63. The zero-order chi connectivity index (χ0) is 15.7. The van der Waals surface area contributed by atoms with Gasteiger partial charge in [0, 0.05) is 32.8 Å². The molecular formula is C15H30F2N2O2. The Morgan fingerprint density at radius 1 is 1.05 bits per heavy atom. The van der Waals surface area contributed by atoms with Crippen molar-refractivity contribution in [1.29, 1.82) is 0 Å². The maximum Gasteiger partial charge on any atom is 0.293 e.